The van der Waals surface area contributed by atoms with Crippen LogP contribution in [0.3, 0.4) is 0 Å². The first-order valence-corrected chi connectivity index (χ1v) is 7.27. The van der Waals surface area contributed by atoms with E-state index in [1.807, 2.05) is 38.1 Å². The summed E-state index contributed by atoms with van der Waals surface area (Å²) in [4.78, 5) is 12.7. The summed E-state index contributed by atoms with van der Waals surface area (Å²) in [5, 5.41) is 6.90. The Bertz CT molecular complexity index is 577. The van der Waals surface area contributed by atoms with Crippen molar-refractivity contribution in [3.8, 4) is 0 Å². The average molecular weight is 290 g/mol. The zero-order chi connectivity index (χ0) is 14.5. The summed E-state index contributed by atoms with van der Waals surface area (Å²) < 4.78 is 3.86. The van der Waals surface area contributed by atoms with Crippen LogP contribution < -0.4 is 11.1 Å². The number of hydrogen-bond acceptors (Lipinski definition) is 5. The summed E-state index contributed by atoms with van der Waals surface area (Å²) in [5.74, 6) is 0.0740. The van der Waals surface area contributed by atoms with Gasteiger partial charge in [0.05, 0.1) is 5.69 Å². The van der Waals surface area contributed by atoms with Crippen LogP contribution in [0.2, 0.25) is 0 Å². The third-order valence-electron chi connectivity index (χ3n) is 2.98. The van der Waals surface area contributed by atoms with Gasteiger partial charge < -0.3 is 11.1 Å². The van der Waals surface area contributed by atoms with E-state index < -0.39 is 0 Å². The Labute approximate surface area is 122 Å². The van der Waals surface area contributed by atoms with Gasteiger partial charge in [-0.2, -0.15) is 0 Å². The third kappa shape index (κ3) is 3.40. The van der Waals surface area contributed by atoms with Crippen LogP contribution in [0.15, 0.2) is 24.3 Å². The molecule has 0 radical (unpaired) electrons. The number of nitrogens with zero attached hydrogens (tertiary/aromatic N) is 2. The van der Waals surface area contributed by atoms with Crippen molar-refractivity contribution in [1.82, 2.24) is 14.9 Å². The number of aromatic nitrogens is 2. The number of amides is 1. The molecule has 2 rings (SSSR count). The number of nitrogens with one attached hydrogen (secondary N) is 1. The molecule has 106 valence electrons. The van der Waals surface area contributed by atoms with Crippen molar-refractivity contribution in [2.75, 3.05) is 0 Å². The Morgan fingerprint density at radius 3 is 2.55 bits per heavy atom. The Morgan fingerprint density at radius 2 is 1.95 bits per heavy atom. The van der Waals surface area contributed by atoms with Crippen LogP contribution in [0.25, 0.3) is 0 Å². The molecule has 1 aromatic heterocycles. The lowest BCUT2D eigenvalue weighted by atomic mass is 10.1. The summed E-state index contributed by atoms with van der Waals surface area (Å²) in [6, 6.07) is 7.87. The van der Waals surface area contributed by atoms with Crippen molar-refractivity contribution in [1.29, 1.82) is 0 Å². The van der Waals surface area contributed by atoms with Gasteiger partial charge in [-0.05, 0) is 28.6 Å². The van der Waals surface area contributed by atoms with E-state index in [-0.39, 0.29) is 11.8 Å². The predicted molar refractivity (Wildman–Crippen MR) is 79.5 cm³/mol. The van der Waals surface area contributed by atoms with Gasteiger partial charge in [-0.1, -0.05) is 42.6 Å². The minimum absolute atomic E-state index is 0.119. The van der Waals surface area contributed by atoms with Crippen molar-refractivity contribution in [3.05, 3.63) is 46.0 Å². The van der Waals surface area contributed by atoms with E-state index in [4.69, 9.17) is 5.73 Å². The molecule has 0 saturated carbocycles. The molecule has 0 aliphatic carbocycles. The largest absolute Gasteiger partial charge is 0.347 e. The van der Waals surface area contributed by atoms with Gasteiger partial charge in [-0.3, -0.25) is 4.79 Å². The molecule has 20 heavy (non-hydrogen) atoms. The molecule has 0 bridgehead atoms. The van der Waals surface area contributed by atoms with Crippen molar-refractivity contribution < 1.29 is 4.79 Å². The Kier molecular flexibility index (Phi) is 4.81. The van der Waals surface area contributed by atoms with Crippen molar-refractivity contribution in [2.45, 2.75) is 32.9 Å². The lowest BCUT2D eigenvalue weighted by Gasteiger charge is -2.07. The normalized spacial score (nSPS) is 10.8. The van der Waals surface area contributed by atoms with Crippen molar-refractivity contribution >= 4 is 17.4 Å². The molecular weight excluding hydrogens is 272 g/mol. The number of hydrogen-bond donors (Lipinski definition) is 2. The second-order valence-electron chi connectivity index (χ2n) is 4.85. The topological polar surface area (TPSA) is 80.9 Å². The van der Waals surface area contributed by atoms with Gasteiger partial charge in [0.2, 0.25) is 0 Å². The lowest BCUT2D eigenvalue weighted by Crippen LogP contribution is -2.23. The first kappa shape index (κ1) is 14.6. The molecular formula is C14H18N4OS. The fourth-order valence-corrected chi connectivity index (χ4v) is 2.52. The molecule has 1 aromatic carbocycles. The first-order chi connectivity index (χ1) is 9.61. The highest BCUT2D eigenvalue weighted by Crippen LogP contribution is 2.19. The minimum atomic E-state index is -0.119. The Balaban J connectivity index is 1.99. The van der Waals surface area contributed by atoms with E-state index in [1.54, 1.807) is 0 Å². The van der Waals surface area contributed by atoms with E-state index in [0.717, 1.165) is 28.4 Å². The summed E-state index contributed by atoms with van der Waals surface area (Å²) >= 11 is 1.14. The van der Waals surface area contributed by atoms with E-state index in [2.05, 4.69) is 14.9 Å². The minimum Gasteiger partial charge on any atom is -0.347 e. The second-order valence-corrected chi connectivity index (χ2v) is 5.60. The van der Waals surface area contributed by atoms with E-state index in [0.29, 0.717) is 18.0 Å². The predicted octanol–water partition coefficient (Wildman–Crippen LogP) is 2.05. The maximum Gasteiger partial charge on any atom is 0.265 e. The number of carbonyl (C=O) groups excluding carboxylic acids is 1. The van der Waals surface area contributed by atoms with Crippen LogP contribution in [0, 0.1) is 0 Å². The SMILES string of the molecule is CC(C)c1nnsc1C(=O)NCc1ccc(CN)cc1. The van der Waals surface area contributed by atoms with Gasteiger partial charge >= 0.3 is 0 Å². The molecule has 0 aliphatic heterocycles. The lowest BCUT2D eigenvalue weighted by molar-refractivity contribution is 0.0953. The first-order valence-electron chi connectivity index (χ1n) is 6.50. The standard InChI is InChI=1S/C14H18N4OS/c1-9(2)12-13(20-18-17-12)14(19)16-8-11-5-3-10(7-15)4-6-11/h3-6,9H,7-8,15H2,1-2H3,(H,16,19). The fraction of sp³-hybridized carbons (Fsp3) is 0.357. The molecule has 6 heteroatoms. The molecule has 0 atom stereocenters. The molecule has 1 heterocycles. The monoisotopic (exact) mass is 290 g/mol. The molecule has 1 amide bonds. The maximum absolute atomic E-state index is 12.1. The number of benzene rings is 1. The molecule has 0 saturated heterocycles. The van der Waals surface area contributed by atoms with Crippen molar-refractivity contribution in [3.63, 3.8) is 0 Å². The van der Waals surface area contributed by atoms with Gasteiger partial charge in [0.1, 0.15) is 4.88 Å². The van der Waals surface area contributed by atoms with Crippen LogP contribution >= 0.6 is 11.5 Å². The number of nitrogens with two attached hydrogens (primary N) is 1. The van der Waals surface area contributed by atoms with Gasteiger partial charge in [-0.15, -0.1) is 5.10 Å². The Hall–Kier alpha value is -1.79. The summed E-state index contributed by atoms with van der Waals surface area (Å²) in [6.45, 7) is 5.01. The van der Waals surface area contributed by atoms with Crippen LogP contribution in [-0.4, -0.2) is 15.5 Å². The van der Waals surface area contributed by atoms with Crippen LogP contribution in [-0.2, 0) is 13.1 Å². The molecule has 0 fully saturated rings. The number of carbonyl (C=O) groups is 1. The summed E-state index contributed by atoms with van der Waals surface area (Å²) in [5.41, 5.74) is 8.42. The van der Waals surface area contributed by atoms with E-state index >= 15 is 0 Å². The molecule has 0 spiro atoms. The molecule has 2 aromatic rings. The Morgan fingerprint density at radius 1 is 1.30 bits per heavy atom. The summed E-state index contributed by atoms with van der Waals surface area (Å²) in [6.07, 6.45) is 0. The zero-order valence-electron chi connectivity index (χ0n) is 11.6. The van der Waals surface area contributed by atoms with Crippen LogP contribution in [0.5, 0.6) is 0 Å². The van der Waals surface area contributed by atoms with Crippen LogP contribution in [0.1, 0.15) is 46.3 Å². The highest BCUT2D eigenvalue weighted by atomic mass is 32.1. The molecule has 3 N–H and O–H groups in total. The fourth-order valence-electron chi connectivity index (χ4n) is 1.79. The molecule has 5 nitrogen and oxygen atoms in total. The highest BCUT2D eigenvalue weighted by molar-refractivity contribution is 7.08. The van der Waals surface area contributed by atoms with E-state index in [9.17, 15) is 4.79 Å². The van der Waals surface area contributed by atoms with Crippen LogP contribution in [0.4, 0.5) is 0 Å². The second kappa shape index (κ2) is 6.58. The average Bonchev–Trinajstić information content (AvgIpc) is 2.95. The highest BCUT2D eigenvalue weighted by Gasteiger charge is 2.18. The third-order valence-corrected chi connectivity index (χ3v) is 3.72. The van der Waals surface area contributed by atoms with Gasteiger partial charge in [-0.25, -0.2) is 0 Å². The van der Waals surface area contributed by atoms with Gasteiger partial charge in [0.15, 0.2) is 0 Å². The van der Waals surface area contributed by atoms with Crippen molar-refractivity contribution in [2.24, 2.45) is 5.73 Å². The smallest absolute Gasteiger partial charge is 0.265 e. The van der Waals surface area contributed by atoms with Gasteiger partial charge in [0, 0.05) is 13.1 Å². The van der Waals surface area contributed by atoms with Gasteiger partial charge in [0.25, 0.3) is 5.91 Å². The number of rotatable bonds is 5. The maximum atomic E-state index is 12.1. The zero-order valence-corrected chi connectivity index (χ0v) is 12.4. The van der Waals surface area contributed by atoms with E-state index in [1.165, 1.54) is 0 Å². The summed E-state index contributed by atoms with van der Waals surface area (Å²) in [7, 11) is 0. The molecule has 0 aliphatic rings. The quantitative estimate of drug-likeness (QED) is 0.883. The molecule has 0 unspecified atom stereocenters.